The predicted octanol–water partition coefficient (Wildman–Crippen LogP) is 2.36. The Bertz CT molecular complexity index is 305. The third-order valence-electron chi connectivity index (χ3n) is 2.46. The van der Waals surface area contributed by atoms with E-state index >= 15 is 0 Å². The van der Waals surface area contributed by atoms with Crippen LogP contribution in [0.1, 0.15) is 29.7 Å². The van der Waals surface area contributed by atoms with Crippen molar-refractivity contribution in [1.82, 2.24) is 9.88 Å². The van der Waals surface area contributed by atoms with Crippen molar-refractivity contribution in [1.29, 1.82) is 0 Å². The summed E-state index contributed by atoms with van der Waals surface area (Å²) in [6, 6.07) is 2.15. The molecule has 0 spiro atoms. The van der Waals surface area contributed by atoms with Gasteiger partial charge in [-0.25, -0.2) is 0 Å². The maximum absolute atomic E-state index is 4.35. The van der Waals surface area contributed by atoms with Crippen molar-refractivity contribution in [3.8, 4) is 0 Å². The summed E-state index contributed by atoms with van der Waals surface area (Å²) in [7, 11) is 4.21. The van der Waals surface area contributed by atoms with Crippen LogP contribution in [0.25, 0.3) is 0 Å². The molecular formula is C12H20N2. The minimum Gasteiger partial charge on any atom is -0.309 e. The Hall–Kier alpha value is -0.890. The van der Waals surface area contributed by atoms with Gasteiger partial charge in [-0.05, 0) is 51.1 Å². The summed E-state index contributed by atoms with van der Waals surface area (Å²) >= 11 is 0. The van der Waals surface area contributed by atoms with Gasteiger partial charge in [-0.15, -0.1) is 0 Å². The second kappa shape index (κ2) is 4.56. The van der Waals surface area contributed by atoms with E-state index in [4.69, 9.17) is 0 Å². The van der Waals surface area contributed by atoms with Crippen LogP contribution >= 0.6 is 0 Å². The van der Waals surface area contributed by atoms with Gasteiger partial charge in [-0.2, -0.15) is 0 Å². The predicted molar refractivity (Wildman–Crippen MR) is 60.7 cm³/mol. The summed E-state index contributed by atoms with van der Waals surface area (Å²) in [6.07, 6.45) is 2.01. The standard InChI is InChI=1S/C12H20N2/c1-9-6-11(3)13-7-12(9)10(2)8-14(4)5/h6-7,10H,8H2,1-5H3. The zero-order chi connectivity index (χ0) is 10.7. The van der Waals surface area contributed by atoms with Gasteiger partial charge in [-0.3, -0.25) is 4.98 Å². The summed E-state index contributed by atoms with van der Waals surface area (Å²) in [5.41, 5.74) is 3.82. The largest absolute Gasteiger partial charge is 0.309 e. The number of likely N-dealkylation sites (N-methyl/N-ethyl adjacent to an activating group) is 1. The number of nitrogens with zero attached hydrogens (tertiary/aromatic N) is 2. The first-order chi connectivity index (χ1) is 6.50. The third-order valence-corrected chi connectivity index (χ3v) is 2.46. The van der Waals surface area contributed by atoms with Crippen LogP contribution in [0.4, 0.5) is 0 Å². The average Bonchev–Trinajstić information content (AvgIpc) is 2.01. The zero-order valence-corrected chi connectivity index (χ0v) is 9.83. The van der Waals surface area contributed by atoms with Crippen molar-refractivity contribution in [2.45, 2.75) is 26.7 Å². The summed E-state index contributed by atoms with van der Waals surface area (Å²) in [4.78, 5) is 6.56. The lowest BCUT2D eigenvalue weighted by molar-refractivity contribution is 0.382. The molecule has 0 saturated heterocycles. The van der Waals surface area contributed by atoms with E-state index in [0.717, 1.165) is 12.2 Å². The number of pyridine rings is 1. The molecule has 78 valence electrons. The van der Waals surface area contributed by atoms with Crippen molar-refractivity contribution in [2.24, 2.45) is 0 Å². The molecule has 0 fully saturated rings. The maximum Gasteiger partial charge on any atom is 0.0375 e. The SMILES string of the molecule is Cc1cc(C)c(C(C)CN(C)C)cn1. The molecule has 0 radical (unpaired) electrons. The van der Waals surface area contributed by atoms with Crippen molar-refractivity contribution in [3.63, 3.8) is 0 Å². The first-order valence-corrected chi connectivity index (χ1v) is 5.08. The summed E-state index contributed by atoms with van der Waals surface area (Å²) < 4.78 is 0. The molecule has 0 bridgehead atoms. The Kier molecular flexibility index (Phi) is 3.64. The minimum absolute atomic E-state index is 0.554. The van der Waals surface area contributed by atoms with E-state index < -0.39 is 0 Å². The average molecular weight is 192 g/mol. The summed E-state index contributed by atoms with van der Waals surface area (Å²) in [5, 5.41) is 0. The Morgan fingerprint density at radius 2 is 2.00 bits per heavy atom. The molecule has 1 aromatic rings. The van der Waals surface area contributed by atoms with E-state index in [1.807, 2.05) is 13.1 Å². The van der Waals surface area contributed by atoms with E-state index in [9.17, 15) is 0 Å². The molecule has 0 aliphatic carbocycles. The molecule has 0 N–H and O–H groups in total. The van der Waals surface area contributed by atoms with Gasteiger partial charge in [0, 0.05) is 18.4 Å². The lowest BCUT2D eigenvalue weighted by Crippen LogP contribution is -2.19. The Labute approximate surface area is 87.0 Å². The van der Waals surface area contributed by atoms with Crippen LogP contribution in [-0.2, 0) is 0 Å². The molecular weight excluding hydrogens is 172 g/mol. The highest BCUT2D eigenvalue weighted by molar-refractivity contribution is 5.28. The van der Waals surface area contributed by atoms with Crippen LogP contribution in [0.15, 0.2) is 12.3 Å². The molecule has 14 heavy (non-hydrogen) atoms. The van der Waals surface area contributed by atoms with Crippen LogP contribution in [0, 0.1) is 13.8 Å². The van der Waals surface area contributed by atoms with Gasteiger partial charge >= 0.3 is 0 Å². The van der Waals surface area contributed by atoms with E-state index in [2.05, 4.69) is 43.9 Å². The fraction of sp³-hybridized carbons (Fsp3) is 0.583. The van der Waals surface area contributed by atoms with Crippen molar-refractivity contribution in [3.05, 3.63) is 29.1 Å². The molecule has 0 aromatic carbocycles. The highest BCUT2D eigenvalue weighted by Crippen LogP contribution is 2.19. The molecule has 0 amide bonds. The Balaban J connectivity index is 2.84. The van der Waals surface area contributed by atoms with Gasteiger partial charge in [-0.1, -0.05) is 6.92 Å². The summed E-state index contributed by atoms with van der Waals surface area (Å²) in [5.74, 6) is 0.554. The molecule has 0 aliphatic heterocycles. The normalized spacial score (nSPS) is 13.3. The number of rotatable bonds is 3. The maximum atomic E-state index is 4.35. The van der Waals surface area contributed by atoms with Gasteiger partial charge in [0.15, 0.2) is 0 Å². The molecule has 1 rings (SSSR count). The van der Waals surface area contributed by atoms with Crippen LogP contribution in [-0.4, -0.2) is 30.5 Å². The lowest BCUT2D eigenvalue weighted by Gasteiger charge is -2.18. The quantitative estimate of drug-likeness (QED) is 0.731. The van der Waals surface area contributed by atoms with E-state index in [-0.39, 0.29) is 0 Å². The second-order valence-electron chi connectivity index (χ2n) is 4.35. The molecule has 1 heterocycles. The highest BCUT2D eigenvalue weighted by Gasteiger charge is 2.09. The smallest absolute Gasteiger partial charge is 0.0375 e. The molecule has 0 saturated carbocycles. The summed E-state index contributed by atoms with van der Waals surface area (Å²) in [6.45, 7) is 7.52. The fourth-order valence-corrected chi connectivity index (χ4v) is 1.87. The van der Waals surface area contributed by atoms with Gasteiger partial charge in [0.2, 0.25) is 0 Å². The first-order valence-electron chi connectivity index (χ1n) is 5.08. The first kappa shape index (κ1) is 11.2. The van der Waals surface area contributed by atoms with Crippen molar-refractivity contribution < 1.29 is 0 Å². The molecule has 1 unspecified atom stereocenters. The van der Waals surface area contributed by atoms with Gasteiger partial charge in [0.25, 0.3) is 0 Å². The third kappa shape index (κ3) is 2.81. The van der Waals surface area contributed by atoms with Gasteiger partial charge in [0.05, 0.1) is 0 Å². The number of aromatic nitrogens is 1. The molecule has 1 atom stereocenters. The van der Waals surface area contributed by atoms with Gasteiger partial charge < -0.3 is 4.90 Å². The van der Waals surface area contributed by atoms with E-state index in [1.165, 1.54) is 11.1 Å². The molecule has 0 aliphatic rings. The topological polar surface area (TPSA) is 16.1 Å². The van der Waals surface area contributed by atoms with Crippen molar-refractivity contribution in [2.75, 3.05) is 20.6 Å². The monoisotopic (exact) mass is 192 g/mol. The van der Waals surface area contributed by atoms with Crippen LogP contribution < -0.4 is 0 Å². The fourth-order valence-electron chi connectivity index (χ4n) is 1.87. The number of hydrogen-bond donors (Lipinski definition) is 0. The second-order valence-corrected chi connectivity index (χ2v) is 4.35. The molecule has 2 nitrogen and oxygen atoms in total. The molecule has 2 heteroatoms. The minimum atomic E-state index is 0.554. The van der Waals surface area contributed by atoms with Gasteiger partial charge in [0.1, 0.15) is 0 Å². The number of aryl methyl sites for hydroxylation is 2. The number of hydrogen-bond acceptors (Lipinski definition) is 2. The zero-order valence-electron chi connectivity index (χ0n) is 9.83. The van der Waals surface area contributed by atoms with Crippen molar-refractivity contribution >= 4 is 0 Å². The molecule has 1 aromatic heterocycles. The van der Waals surface area contributed by atoms with Crippen LogP contribution in [0.3, 0.4) is 0 Å². The van der Waals surface area contributed by atoms with E-state index in [1.54, 1.807) is 0 Å². The van der Waals surface area contributed by atoms with E-state index in [0.29, 0.717) is 5.92 Å². The Morgan fingerprint density at radius 1 is 1.36 bits per heavy atom. The lowest BCUT2D eigenvalue weighted by atomic mass is 9.98. The highest BCUT2D eigenvalue weighted by atomic mass is 15.1. The Morgan fingerprint density at radius 3 is 2.50 bits per heavy atom. The van der Waals surface area contributed by atoms with Crippen LogP contribution in [0.5, 0.6) is 0 Å². The van der Waals surface area contributed by atoms with Crippen LogP contribution in [0.2, 0.25) is 0 Å².